The molecule has 3 N–H and O–H groups in total. The predicted octanol–water partition coefficient (Wildman–Crippen LogP) is 2.51. The Balaban J connectivity index is 2.77. The monoisotopic (exact) mass is 217 g/mol. The molecule has 0 spiro atoms. The van der Waals surface area contributed by atoms with Crippen LogP contribution in [0.15, 0.2) is 17.1 Å². The largest absolute Gasteiger partial charge is 0.387 e. The van der Waals surface area contributed by atoms with E-state index in [1.165, 1.54) is 22.3 Å². The van der Waals surface area contributed by atoms with Gasteiger partial charge in [0.15, 0.2) is 0 Å². The molecule has 0 saturated carbocycles. The number of nitrogens with one attached hydrogen (secondary N) is 1. The second kappa shape index (κ2) is 5.45. The van der Waals surface area contributed by atoms with E-state index >= 15 is 0 Å². The molecule has 3 nitrogen and oxygen atoms in total. The van der Waals surface area contributed by atoms with Gasteiger partial charge in [-0.25, -0.2) is 0 Å². The SMILES string of the molecule is Cc1ccc(C)c(CN=CCC(=N)N)c1C. The molecule has 0 bridgehead atoms. The van der Waals surface area contributed by atoms with Gasteiger partial charge in [0.05, 0.1) is 12.4 Å². The summed E-state index contributed by atoms with van der Waals surface area (Å²) in [6.45, 7) is 7.00. The number of nitrogens with zero attached hydrogens (tertiary/aromatic N) is 1. The summed E-state index contributed by atoms with van der Waals surface area (Å²) < 4.78 is 0. The van der Waals surface area contributed by atoms with Gasteiger partial charge in [0.25, 0.3) is 0 Å². The van der Waals surface area contributed by atoms with E-state index in [1.807, 2.05) is 0 Å². The third-order valence-electron chi connectivity index (χ3n) is 2.79. The molecular weight excluding hydrogens is 198 g/mol. The molecule has 16 heavy (non-hydrogen) atoms. The number of rotatable bonds is 4. The summed E-state index contributed by atoms with van der Waals surface area (Å²) in [7, 11) is 0. The van der Waals surface area contributed by atoms with Crippen molar-refractivity contribution in [2.75, 3.05) is 0 Å². The van der Waals surface area contributed by atoms with Gasteiger partial charge in [-0.05, 0) is 43.0 Å². The fourth-order valence-electron chi connectivity index (χ4n) is 1.57. The molecule has 0 aliphatic heterocycles. The average Bonchev–Trinajstić information content (AvgIpc) is 2.22. The lowest BCUT2D eigenvalue weighted by Gasteiger charge is -2.09. The summed E-state index contributed by atoms with van der Waals surface area (Å²) in [5.74, 6) is 0.154. The lowest BCUT2D eigenvalue weighted by molar-refractivity contribution is 1.02. The fourth-order valence-corrected chi connectivity index (χ4v) is 1.57. The highest BCUT2D eigenvalue weighted by atomic mass is 14.7. The molecule has 0 amide bonds. The van der Waals surface area contributed by atoms with E-state index in [9.17, 15) is 0 Å². The van der Waals surface area contributed by atoms with Gasteiger partial charge in [-0.2, -0.15) is 0 Å². The lowest BCUT2D eigenvalue weighted by Crippen LogP contribution is -2.09. The maximum Gasteiger partial charge on any atom is 0.0959 e. The highest BCUT2D eigenvalue weighted by Gasteiger charge is 2.03. The molecule has 0 atom stereocenters. The minimum Gasteiger partial charge on any atom is -0.387 e. The van der Waals surface area contributed by atoms with Gasteiger partial charge in [-0.3, -0.25) is 10.4 Å². The van der Waals surface area contributed by atoms with Crippen molar-refractivity contribution in [3.8, 4) is 0 Å². The van der Waals surface area contributed by atoms with Crippen molar-refractivity contribution in [3.05, 3.63) is 34.4 Å². The molecule has 3 heteroatoms. The molecule has 0 fully saturated rings. The number of benzene rings is 1. The topological polar surface area (TPSA) is 62.2 Å². The summed E-state index contributed by atoms with van der Waals surface area (Å²) in [6.07, 6.45) is 2.15. The molecule has 0 saturated heterocycles. The Kier molecular flexibility index (Phi) is 4.23. The molecule has 0 unspecified atom stereocenters. The van der Waals surface area contributed by atoms with Gasteiger partial charge in [0.1, 0.15) is 0 Å². The van der Waals surface area contributed by atoms with Crippen molar-refractivity contribution >= 4 is 12.1 Å². The van der Waals surface area contributed by atoms with E-state index in [4.69, 9.17) is 11.1 Å². The maximum absolute atomic E-state index is 7.08. The smallest absolute Gasteiger partial charge is 0.0959 e. The summed E-state index contributed by atoms with van der Waals surface area (Å²) >= 11 is 0. The predicted molar refractivity (Wildman–Crippen MR) is 69.4 cm³/mol. The Hall–Kier alpha value is -1.64. The zero-order valence-corrected chi connectivity index (χ0v) is 10.2. The second-order valence-electron chi connectivity index (χ2n) is 4.06. The molecule has 0 aliphatic rings. The molecule has 1 aromatic carbocycles. The van der Waals surface area contributed by atoms with Crippen LogP contribution in [0.4, 0.5) is 0 Å². The summed E-state index contributed by atoms with van der Waals surface area (Å²) in [4.78, 5) is 4.30. The Morgan fingerprint density at radius 2 is 1.94 bits per heavy atom. The van der Waals surface area contributed by atoms with Crippen LogP contribution in [-0.4, -0.2) is 12.1 Å². The highest BCUT2D eigenvalue weighted by Crippen LogP contribution is 2.18. The van der Waals surface area contributed by atoms with Gasteiger partial charge in [-0.15, -0.1) is 0 Å². The van der Waals surface area contributed by atoms with E-state index in [0.717, 1.165) is 0 Å². The molecule has 0 radical (unpaired) electrons. The van der Waals surface area contributed by atoms with Crippen molar-refractivity contribution in [1.82, 2.24) is 0 Å². The zero-order valence-electron chi connectivity index (χ0n) is 10.2. The maximum atomic E-state index is 7.08. The van der Waals surface area contributed by atoms with Gasteiger partial charge in [-0.1, -0.05) is 12.1 Å². The molecule has 0 aliphatic carbocycles. The Morgan fingerprint density at radius 3 is 2.56 bits per heavy atom. The van der Waals surface area contributed by atoms with Crippen LogP contribution in [-0.2, 0) is 6.54 Å². The first kappa shape index (κ1) is 12.4. The van der Waals surface area contributed by atoms with Gasteiger partial charge in [0, 0.05) is 12.6 Å². The number of aliphatic imine (C=N–C) groups is 1. The average molecular weight is 217 g/mol. The second-order valence-corrected chi connectivity index (χ2v) is 4.06. The van der Waals surface area contributed by atoms with E-state index in [1.54, 1.807) is 6.21 Å². The van der Waals surface area contributed by atoms with Crippen molar-refractivity contribution in [3.63, 3.8) is 0 Å². The quantitative estimate of drug-likeness (QED) is 0.590. The van der Waals surface area contributed by atoms with Crippen LogP contribution in [0.5, 0.6) is 0 Å². The number of hydrogen-bond donors (Lipinski definition) is 2. The van der Waals surface area contributed by atoms with Crippen molar-refractivity contribution in [2.24, 2.45) is 10.7 Å². The van der Waals surface area contributed by atoms with Crippen LogP contribution in [0.2, 0.25) is 0 Å². The van der Waals surface area contributed by atoms with Gasteiger partial charge >= 0.3 is 0 Å². The lowest BCUT2D eigenvalue weighted by atomic mass is 9.99. The molecule has 1 aromatic rings. The van der Waals surface area contributed by atoms with Crippen molar-refractivity contribution in [2.45, 2.75) is 33.7 Å². The van der Waals surface area contributed by atoms with Crippen LogP contribution in [0.25, 0.3) is 0 Å². The molecule has 0 heterocycles. The van der Waals surface area contributed by atoms with E-state index in [-0.39, 0.29) is 5.84 Å². The standard InChI is InChI=1S/C13H19N3/c1-9-4-5-10(2)12(11(9)3)8-16-7-6-13(14)15/h4-5,7H,6,8H2,1-3H3,(H3,14,15). The summed E-state index contributed by atoms with van der Waals surface area (Å²) in [6, 6.07) is 4.26. The number of amidine groups is 1. The first-order valence-electron chi connectivity index (χ1n) is 5.39. The normalized spacial score (nSPS) is 10.9. The third kappa shape index (κ3) is 3.19. The minimum atomic E-state index is 0.154. The van der Waals surface area contributed by atoms with E-state index in [2.05, 4.69) is 37.9 Å². The fraction of sp³-hybridized carbons (Fsp3) is 0.385. The van der Waals surface area contributed by atoms with Gasteiger partial charge in [0.2, 0.25) is 0 Å². The summed E-state index contributed by atoms with van der Waals surface area (Å²) in [5.41, 5.74) is 10.4. The first-order valence-corrected chi connectivity index (χ1v) is 5.39. The number of hydrogen-bond acceptors (Lipinski definition) is 2. The van der Waals surface area contributed by atoms with Gasteiger partial charge < -0.3 is 5.73 Å². The Bertz CT molecular complexity index is 419. The van der Waals surface area contributed by atoms with Crippen LogP contribution >= 0.6 is 0 Å². The molecule has 86 valence electrons. The highest BCUT2D eigenvalue weighted by molar-refractivity contribution is 5.90. The van der Waals surface area contributed by atoms with Crippen LogP contribution in [0.3, 0.4) is 0 Å². The number of aryl methyl sites for hydroxylation is 2. The Morgan fingerprint density at radius 1 is 1.31 bits per heavy atom. The zero-order chi connectivity index (χ0) is 12.1. The molecule has 1 rings (SSSR count). The van der Waals surface area contributed by atoms with Crippen molar-refractivity contribution in [1.29, 1.82) is 5.41 Å². The van der Waals surface area contributed by atoms with Crippen LogP contribution < -0.4 is 5.73 Å². The van der Waals surface area contributed by atoms with Crippen LogP contribution in [0, 0.1) is 26.2 Å². The van der Waals surface area contributed by atoms with Crippen LogP contribution in [0.1, 0.15) is 28.7 Å². The van der Waals surface area contributed by atoms with E-state index < -0.39 is 0 Å². The Labute approximate surface area is 96.9 Å². The number of nitrogens with two attached hydrogens (primary N) is 1. The van der Waals surface area contributed by atoms with E-state index in [0.29, 0.717) is 13.0 Å². The first-order chi connectivity index (χ1) is 7.52. The minimum absolute atomic E-state index is 0.154. The van der Waals surface area contributed by atoms with Crippen molar-refractivity contribution < 1.29 is 0 Å². The molecule has 0 aromatic heterocycles. The summed E-state index contributed by atoms with van der Waals surface area (Å²) in [5, 5.41) is 7.08. The third-order valence-corrected chi connectivity index (χ3v) is 2.79. The molecular formula is C13H19N3.